The van der Waals surface area contributed by atoms with Crippen LogP contribution in [0.1, 0.15) is 83.1 Å². The number of hydrogen-bond donors (Lipinski definition) is 0. The van der Waals surface area contributed by atoms with E-state index in [1.807, 2.05) is 0 Å². The van der Waals surface area contributed by atoms with Crippen molar-refractivity contribution >= 4 is 30.1 Å². The van der Waals surface area contributed by atoms with E-state index < -0.39 is 22.8 Å². The van der Waals surface area contributed by atoms with E-state index >= 15 is 0 Å². The van der Waals surface area contributed by atoms with Crippen LogP contribution in [-0.4, -0.2) is 30.1 Å². The molecule has 0 fully saturated rings. The molecule has 0 N–H and O–H groups in total. The maximum absolute atomic E-state index is 2.77. The standard InChI is InChI=1S/C21H51Si4.K/c1-16(2)24(17(3)4,18(5)6)22(23(13,14)15)25(19(7)8,20(9)10)21(11)12;/h16-21H,1-15H3;/q-1;+1. The van der Waals surface area contributed by atoms with Gasteiger partial charge in [-0.1, -0.05) is 151 Å². The van der Waals surface area contributed by atoms with Crippen molar-refractivity contribution < 1.29 is 51.4 Å². The van der Waals surface area contributed by atoms with Gasteiger partial charge in [-0.25, -0.2) is 7.35 Å². The van der Waals surface area contributed by atoms with Gasteiger partial charge in [-0.3, -0.25) is 0 Å². The van der Waals surface area contributed by atoms with Gasteiger partial charge in [0.25, 0.3) is 0 Å². The number of hydrogen-bond acceptors (Lipinski definition) is 0. The number of rotatable bonds is 9. The molecule has 0 unspecified atom stereocenters. The van der Waals surface area contributed by atoms with Gasteiger partial charge in [0.15, 0.2) is 0 Å². The van der Waals surface area contributed by atoms with Crippen LogP contribution in [-0.2, 0) is 0 Å². The Balaban J connectivity index is 0. The smallest absolute Gasteiger partial charge is 0.248 e. The third-order valence-corrected chi connectivity index (χ3v) is 71.2. The maximum Gasteiger partial charge on any atom is 1.00 e. The molecule has 0 aromatic heterocycles. The van der Waals surface area contributed by atoms with Crippen molar-refractivity contribution in [3.8, 4) is 0 Å². The Labute approximate surface area is 214 Å². The second kappa shape index (κ2) is 11.2. The van der Waals surface area contributed by atoms with Crippen molar-refractivity contribution in [1.29, 1.82) is 0 Å². The van der Waals surface area contributed by atoms with Crippen LogP contribution in [0.4, 0.5) is 0 Å². The topological polar surface area (TPSA) is 0 Å². The van der Waals surface area contributed by atoms with E-state index in [1.54, 1.807) is 0 Å². The Bertz CT molecular complexity index is 333. The van der Waals surface area contributed by atoms with Crippen molar-refractivity contribution in [2.75, 3.05) is 0 Å². The van der Waals surface area contributed by atoms with Gasteiger partial charge >= 0.3 is 51.4 Å². The summed E-state index contributed by atoms with van der Waals surface area (Å²) in [6, 6.07) is 0. The minimum absolute atomic E-state index is 0. The minimum atomic E-state index is -1.39. The van der Waals surface area contributed by atoms with Crippen LogP contribution in [0.3, 0.4) is 0 Å². The van der Waals surface area contributed by atoms with Crippen LogP contribution >= 0.6 is 0 Å². The van der Waals surface area contributed by atoms with Gasteiger partial charge in [0.05, 0.1) is 0 Å². The SMILES string of the molecule is CC(C)[Si](C(C)C)(C(C)C)[Si-]([Si](C)(C)C)[Si](C(C)C)(C(C)C)C(C)C.[K+]. The van der Waals surface area contributed by atoms with E-state index in [-0.39, 0.29) is 58.7 Å². The minimum Gasteiger partial charge on any atom is -0.248 e. The molecule has 0 radical (unpaired) electrons. The summed E-state index contributed by atoms with van der Waals surface area (Å²) in [6.07, 6.45) is 0. The second-order valence-electron chi connectivity index (χ2n) is 11.4. The predicted octanol–water partition coefficient (Wildman–Crippen LogP) is 5.42. The van der Waals surface area contributed by atoms with E-state index in [0.717, 1.165) is 33.2 Å². The molecule has 0 amide bonds. The van der Waals surface area contributed by atoms with Gasteiger partial charge in [-0.2, -0.15) is 0 Å². The Morgan fingerprint density at radius 3 is 0.654 bits per heavy atom. The molecule has 0 atom stereocenters. The molecule has 0 bridgehead atoms. The third-order valence-electron chi connectivity index (χ3n) is 7.35. The van der Waals surface area contributed by atoms with Crippen LogP contribution in [0.5, 0.6) is 0 Å². The molecular formula is C21H51KSi4. The average molecular weight is 455 g/mol. The van der Waals surface area contributed by atoms with E-state index in [4.69, 9.17) is 0 Å². The first kappa shape index (κ1) is 30.7. The van der Waals surface area contributed by atoms with Crippen LogP contribution in [0, 0.1) is 0 Å². The van der Waals surface area contributed by atoms with E-state index in [0.29, 0.717) is 0 Å². The normalized spacial score (nSPS) is 14.5. The van der Waals surface area contributed by atoms with Gasteiger partial charge in [-0.15, -0.1) is 7.59 Å². The fourth-order valence-corrected chi connectivity index (χ4v) is 104. The molecule has 0 aromatic rings. The summed E-state index contributed by atoms with van der Waals surface area (Å²) in [6.45, 7) is 39.8. The van der Waals surface area contributed by atoms with Gasteiger partial charge < -0.3 is 0 Å². The molecule has 5 heteroatoms. The molecule has 0 aliphatic rings. The summed E-state index contributed by atoms with van der Waals surface area (Å²) in [4.78, 5) is 0. The molecule has 0 saturated carbocycles. The predicted molar refractivity (Wildman–Crippen MR) is 131 cm³/mol. The maximum atomic E-state index is 2.77. The second-order valence-corrected chi connectivity index (χ2v) is 46.0. The molecule has 0 saturated heterocycles. The summed E-state index contributed by atoms with van der Waals surface area (Å²) < 4.78 is 0. The first-order chi connectivity index (χ1) is 11.0. The van der Waals surface area contributed by atoms with E-state index in [2.05, 4.69) is 103 Å². The largest absolute Gasteiger partial charge is 1.00 e. The van der Waals surface area contributed by atoms with Gasteiger partial charge in [0, 0.05) is 0 Å². The zero-order valence-corrected chi connectivity index (χ0v) is 28.6. The summed E-state index contributed by atoms with van der Waals surface area (Å²) in [5.74, 6) is 0. The summed E-state index contributed by atoms with van der Waals surface area (Å²) in [7, 11) is -4.33. The quantitative estimate of drug-likeness (QED) is 0.408. The van der Waals surface area contributed by atoms with Crippen LogP contribution in [0.2, 0.25) is 52.9 Å². The average Bonchev–Trinajstić information content (AvgIpc) is 2.34. The zero-order valence-electron chi connectivity index (χ0n) is 21.5. The first-order valence-corrected chi connectivity index (χ1v) is 23.4. The first-order valence-electron chi connectivity index (χ1n) is 10.9. The molecule has 26 heavy (non-hydrogen) atoms. The van der Waals surface area contributed by atoms with Crippen LogP contribution in [0.15, 0.2) is 0 Å². The van der Waals surface area contributed by atoms with Gasteiger partial charge in [-0.05, 0) is 0 Å². The van der Waals surface area contributed by atoms with Gasteiger partial charge in [0.2, 0.25) is 0 Å². The molecule has 0 heterocycles. The Morgan fingerprint density at radius 1 is 0.423 bits per heavy atom. The van der Waals surface area contributed by atoms with Crippen LogP contribution in [0.25, 0.3) is 0 Å². The molecule has 0 rings (SSSR count). The molecule has 152 valence electrons. The summed E-state index contributed by atoms with van der Waals surface area (Å²) >= 11 is 0. The Morgan fingerprint density at radius 2 is 0.577 bits per heavy atom. The molecule has 0 nitrogen and oxygen atoms in total. The van der Waals surface area contributed by atoms with Crippen molar-refractivity contribution in [3.63, 3.8) is 0 Å². The van der Waals surface area contributed by atoms with Crippen molar-refractivity contribution in [3.05, 3.63) is 0 Å². The third kappa shape index (κ3) is 5.40. The zero-order chi connectivity index (χ0) is 20.5. The molecule has 0 aliphatic carbocycles. The fraction of sp³-hybridized carbons (Fsp3) is 1.00. The summed E-state index contributed by atoms with van der Waals surface area (Å²) in [5, 5.41) is 0. The summed E-state index contributed by atoms with van der Waals surface area (Å²) in [5.41, 5.74) is 5.56. The van der Waals surface area contributed by atoms with Crippen molar-refractivity contribution in [2.24, 2.45) is 0 Å². The van der Waals surface area contributed by atoms with Crippen molar-refractivity contribution in [1.82, 2.24) is 0 Å². The van der Waals surface area contributed by atoms with Crippen molar-refractivity contribution in [2.45, 2.75) is 136 Å². The molecule has 0 aromatic carbocycles. The molecule has 0 spiro atoms. The monoisotopic (exact) mass is 454 g/mol. The van der Waals surface area contributed by atoms with Gasteiger partial charge in [0.1, 0.15) is 0 Å². The fourth-order valence-electron chi connectivity index (χ4n) is 7.41. The molecular weight excluding hydrogens is 404 g/mol. The van der Waals surface area contributed by atoms with E-state index in [1.165, 1.54) is 0 Å². The van der Waals surface area contributed by atoms with E-state index in [9.17, 15) is 0 Å². The molecule has 0 aliphatic heterocycles. The Kier molecular flexibility index (Phi) is 13.2. The van der Waals surface area contributed by atoms with Crippen LogP contribution < -0.4 is 51.4 Å². The Hall–Kier alpha value is 2.50.